The number of rotatable bonds is 2. The van der Waals surface area contributed by atoms with Crippen LogP contribution in [0.4, 0.5) is 0 Å². The summed E-state index contributed by atoms with van der Waals surface area (Å²) >= 11 is 0. The van der Waals surface area contributed by atoms with Crippen molar-refractivity contribution in [1.82, 2.24) is 9.80 Å². The zero-order valence-corrected chi connectivity index (χ0v) is 8.45. The largest absolute Gasteiger partial charge is 0.316 e. The highest BCUT2D eigenvalue weighted by Crippen LogP contribution is 2.19. The van der Waals surface area contributed by atoms with Crippen molar-refractivity contribution in [2.75, 3.05) is 34.2 Å². The summed E-state index contributed by atoms with van der Waals surface area (Å²) in [6.07, 6.45) is 2.74. The van der Waals surface area contributed by atoms with E-state index in [1.807, 2.05) is 0 Å². The molecule has 0 saturated carbocycles. The van der Waals surface area contributed by atoms with Gasteiger partial charge < -0.3 is 10.6 Å². The van der Waals surface area contributed by atoms with Crippen LogP contribution in [0.2, 0.25) is 0 Å². The molecule has 0 aromatic carbocycles. The predicted molar refractivity (Wildman–Crippen MR) is 51.9 cm³/mol. The van der Waals surface area contributed by atoms with Crippen LogP contribution in [0.25, 0.3) is 0 Å². The van der Waals surface area contributed by atoms with E-state index in [1.165, 1.54) is 25.9 Å². The monoisotopic (exact) mass is 171 g/mol. The van der Waals surface area contributed by atoms with Crippen LogP contribution >= 0.6 is 0 Å². The molecule has 1 heterocycles. The second kappa shape index (κ2) is 4.21. The first kappa shape index (κ1) is 9.96. The fraction of sp³-hybridized carbons (Fsp3) is 1.00. The van der Waals surface area contributed by atoms with Crippen molar-refractivity contribution in [3.8, 4) is 0 Å². The summed E-state index contributed by atoms with van der Waals surface area (Å²) in [5.74, 6) is 0.691. The topological polar surface area (TPSA) is 32.5 Å². The molecule has 0 spiro atoms. The number of piperidine rings is 1. The standard InChI is InChI=1S/C9H21N3/c1-11(2)9(10)8-4-6-12(3)7-5-8/h8-9H,4-7,10H2,1-3H3. The summed E-state index contributed by atoms with van der Waals surface area (Å²) in [6, 6.07) is 0. The van der Waals surface area contributed by atoms with Crippen LogP contribution < -0.4 is 5.73 Å². The number of likely N-dealkylation sites (tertiary alicyclic amines) is 1. The van der Waals surface area contributed by atoms with Crippen LogP contribution in [0.5, 0.6) is 0 Å². The minimum Gasteiger partial charge on any atom is -0.316 e. The van der Waals surface area contributed by atoms with Crippen molar-refractivity contribution in [2.24, 2.45) is 11.7 Å². The molecule has 1 atom stereocenters. The summed E-state index contributed by atoms with van der Waals surface area (Å²) in [6.45, 7) is 2.40. The van der Waals surface area contributed by atoms with E-state index < -0.39 is 0 Å². The second-order valence-corrected chi connectivity index (χ2v) is 4.09. The van der Waals surface area contributed by atoms with Gasteiger partial charge in [0.15, 0.2) is 0 Å². The molecule has 72 valence electrons. The van der Waals surface area contributed by atoms with Gasteiger partial charge in [0.1, 0.15) is 0 Å². The molecule has 0 radical (unpaired) electrons. The van der Waals surface area contributed by atoms with Gasteiger partial charge in [-0.15, -0.1) is 0 Å². The molecule has 3 nitrogen and oxygen atoms in total. The molecule has 1 saturated heterocycles. The first-order chi connectivity index (χ1) is 5.61. The van der Waals surface area contributed by atoms with Gasteiger partial charge >= 0.3 is 0 Å². The molecule has 3 heteroatoms. The van der Waals surface area contributed by atoms with Crippen LogP contribution in [-0.4, -0.2) is 50.2 Å². The zero-order chi connectivity index (χ0) is 9.14. The van der Waals surface area contributed by atoms with E-state index in [2.05, 4.69) is 30.9 Å². The Labute approximate surface area is 75.5 Å². The third kappa shape index (κ3) is 2.44. The molecular weight excluding hydrogens is 150 g/mol. The minimum absolute atomic E-state index is 0.249. The Morgan fingerprint density at radius 3 is 2.25 bits per heavy atom. The third-order valence-corrected chi connectivity index (χ3v) is 2.84. The Kier molecular flexibility index (Phi) is 3.50. The lowest BCUT2D eigenvalue weighted by atomic mass is 9.94. The highest BCUT2D eigenvalue weighted by Gasteiger charge is 2.23. The van der Waals surface area contributed by atoms with Crippen LogP contribution in [-0.2, 0) is 0 Å². The van der Waals surface area contributed by atoms with Gasteiger partial charge in [-0.3, -0.25) is 4.90 Å². The molecule has 2 N–H and O–H groups in total. The van der Waals surface area contributed by atoms with Crippen molar-refractivity contribution in [3.05, 3.63) is 0 Å². The smallest absolute Gasteiger partial charge is 0.0596 e. The molecule has 12 heavy (non-hydrogen) atoms. The minimum atomic E-state index is 0.249. The number of nitrogens with two attached hydrogens (primary N) is 1. The molecule has 1 aliphatic rings. The maximum absolute atomic E-state index is 6.04. The van der Waals surface area contributed by atoms with Gasteiger partial charge in [-0.2, -0.15) is 0 Å². The van der Waals surface area contributed by atoms with Crippen molar-refractivity contribution < 1.29 is 0 Å². The Morgan fingerprint density at radius 2 is 1.83 bits per heavy atom. The van der Waals surface area contributed by atoms with Crippen molar-refractivity contribution in [1.29, 1.82) is 0 Å². The van der Waals surface area contributed by atoms with Crippen LogP contribution in [0, 0.1) is 5.92 Å². The number of nitrogens with zero attached hydrogens (tertiary/aromatic N) is 2. The molecule has 1 unspecified atom stereocenters. The summed E-state index contributed by atoms with van der Waals surface area (Å²) < 4.78 is 0. The highest BCUT2D eigenvalue weighted by molar-refractivity contribution is 4.77. The Bertz CT molecular complexity index is 128. The van der Waals surface area contributed by atoms with E-state index >= 15 is 0 Å². The lowest BCUT2D eigenvalue weighted by Crippen LogP contribution is -2.46. The molecule has 0 aliphatic carbocycles. The summed E-state index contributed by atoms with van der Waals surface area (Å²) in [7, 11) is 6.30. The fourth-order valence-corrected chi connectivity index (χ4v) is 1.79. The SMILES string of the molecule is CN1CCC(C(N)N(C)C)CC1. The van der Waals surface area contributed by atoms with Crippen molar-refractivity contribution in [3.63, 3.8) is 0 Å². The van der Waals surface area contributed by atoms with Crippen LogP contribution in [0.3, 0.4) is 0 Å². The molecule has 1 fully saturated rings. The van der Waals surface area contributed by atoms with Crippen LogP contribution in [0.1, 0.15) is 12.8 Å². The van der Waals surface area contributed by atoms with E-state index in [1.54, 1.807) is 0 Å². The maximum Gasteiger partial charge on any atom is 0.0596 e. The zero-order valence-electron chi connectivity index (χ0n) is 8.45. The van der Waals surface area contributed by atoms with Gasteiger partial charge in [0.25, 0.3) is 0 Å². The fourth-order valence-electron chi connectivity index (χ4n) is 1.79. The molecule has 1 rings (SSSR count). The van der Waals surface area contributed by atoms with Gasteiger partial charge in [-0.05, 0) is 53.0 Å². The molecule has 0 amide bonds. The molecule has 1 aliphatic heterocycles. The Morgan fingerprint density at radius 1 is 1.33 bits per heavy atom. The normalized spacial score (nSPS) is 24.8. The number of hydrogen-bond donors (Lipinski definition) is 1. The molecule has 0 aromatic heterocycles. The van der Waals surface area contributed by atoms with Gasteiger partial charge in [-0.25, -0.2) is 0 Å². The summed E-state index contributed by atoms with van der Waals surface area (Å²) in [5.41, 5.74) is 6.04. The second-order valence-electron chi connectivity index (χ2n) is 4.09. The lowest BCUT2D eigenvalue weighted by molar-refractivity contribution is 0.135. The summed E-state index contributed by atoms with van der Waals surface area (Å²) in [5, 5.41) is 0. The average Bonchev–Trinajstić information content (AvgIpc) is 2.04. The van der Waals surface area contributed by atoms with E-state index in [0.29, 0.717) is 5.92 Å². The Balaban J connectivity index is 2.34. The first-order valence-corrected chi connectivity index (χ1v) is 4.72. The predicted octanol–water partition coefficient (Wildman–Crippen LogP) is 0.175. The van der Waals surface area contributed by atoms with E-state index in [9.17, 15) is 0 Å². The van der Waals surface area contributed by atoms with Crippen molar-refractivity contribution in [2.45, 2.75) is 19.0 Å². The van der Waals surface area contributed by atoms with Gasteiger partial charge in [-0.1, -0.05) is 0 Å². The lowest BCUT2D eigenvalue weighted by Gasteiger charge is -2.35. The third-order valence-electron chi connectivity index (χ3n) is 2.84. The molecule has 0 bridgehead atoms. The van der Waals surface area contributed by atoms with E-state index in [-0.39, 0.29) is 6.17 Å². The van der Waals surface area contributed by atoms with Crippen molar-refractivity contribution >= 4 is 0 Å². The van der Waals surface area contributed by atoms with Gasteiger partial charge in [0.2, 0.25) is 0 Å². The average molecular weight is 171 g/mol. The quantitative estimate of drug-likeness (QED) is 0.601. The van der Waals surface area contributed by atoms with Crippen LogP contribution in [0.15, 0.2) is 0 Å². The van der Waals surface area contributed by atoms with Gasteiger partial charge in [0.05, 0.1) is 6.17 Å². The van der Waals surface area contributed by atoms with E-state index in [4.69, 9.17) is 5.73 Å². The van der Waals surface area contributed by atoms with Gasteiger partial charge in [0, 0.05) is 0 Å². The Hall–Kier alpha value is -0.120. The highest BCUT2D eigenvalue weighted by atomic mass is 15.2. The molecular formula is C9H21N3. The number of hydrogen-bond acceptors (Lipinski definition) is 3. The molecule has 0 aromatic rings. The maximum atomic E-state index is 6.04. The first-order valence-electron chi connectivity index (χ1n) is 4.72. The summed E-state index contributed by atoms with van der Waals surface area (Å²) in [4.78, 5) is 4.49. The van der Waals surface area contributed by atoms with E-state index in [0.717, 1.165) is 0 Å².